The molecule has 152 valence electrons. The first-order chi connectivity index (χ1) is 12.2. The summed E-state index contributed by atoms with van der Waals surface area (Å²) in [5, 5.41) is 12.9. The second-order valence-electron chi connectivity index (χ2n) is 6.57. The summed E-state index contributed by atoms with van der Waals surface area (Å²) in [7, 11) is 3.60. The second kappa shape index (κ2) is 11.8. The highest BCUT2D eigenvalue weighted by molar-refractivity contribution is 7.99. The number of ether oxygens (including phenoxy) is 1. The molecule has 2 aromatic rings. The molecular weight excluding hydrogens is 405 g/mol. The second-order valence-corrected chi connectivity index (χ2v) is 7.56. The lowest BCUT2D eigenvalue weighted by Crippen LogP contribution is -2.28. The van der Waals surface area contributed by atoms with Crippen molar-refractivity contribution >= 4 is 36.6 Å². The van der Waals surface area contributed by atoms with Crippen LogP contribution in [0.3, 0.4) is 0 Å². The number of nitrogens with zero attached hydrogens (tertiary/aromatic N) is 3. The summed E-state index contributed by atoms with van der Waals surface area (Å²) in [6, 6.07) is 8.37. The quantitative estimate of drug-likeness (QED) is 0.650. The molecular formula is C18H29Cl2N5OS. The van der Waals surface area contributed by atoms with Crippen LogP contribution in [0.4, 0.5) is 0 Å². The van der Waals surface area contributed by atoms with Crippen LogP contribution in [0.1, 0.15) is 31.5 Å². The van der Waals surface area contributed by atoms with Gasteiger partial charge in [0.15, 0.2) is 11.0 Å². The number of methoxy groups -OCH3 is 1. The fourth-order valence-corrected chi connectivity index (χ4v) is 4.48. The molecule has 3 N–H and O–H groups in total. The zero-order chi connectivity index (χ0) is 17.6. The van der Waals surface area contributed by atoms with E-state index < -0.39 is 0 Å². The predicted molar refractivity (Wildman–Crippen MR) is 116 cm³/mol. The normalized spacial score (nSPS) is 19.1. The zero-order valence-electron chi connectivity index (χ0n) is 15.8. The number of hydrogen-bond acceptors (Lipinski definition) is 6. The van der Waals surface area contributed by atoms with Crippen molar-refractivity contribution in [1.82, 2.24) is 20.1 Å². The van der Waals surface area contributed by atoms with Gasteiger partial charge in [-0.2, -0.15) is 0 Å². The molecule has 2 atom stereocenters. The minimum atomic E-state index is 0. The molecule has 1 aromatic heterocycles. The van der Waals surface area contributed by atoms with Crippen molar-refractivity contribution in [1.29, 1.82) is 0 Å². The SMILES string of the molecule is CNCc1nnc(SC[C@@H]2CCC[C@H](N)C2)n1-c1cccc(OC)c1.Cl.Cl. The van der Waals surface area contributed by atoms with Crippen LogP contribution in [0.2, 0.25) is 0 Å². The lowest BCUT2D eigenvalue weighted by Gasteiger charge is -2.26. The Morgan fingerprint density at radius 3 is 2.81 bits per heavy atom. The van der Waals surface area contributed by atoms with Crippen LogP contribution in [0, 0.1) is 5.92 Å². The maximum absolute atomic E-state index is 6.13. The van der Waals surface area contributed by atoms with Gasteiger partial charge in [0, 0.05) is 17.9 Å². The average Bonchev–Trinajstić information content (AvgIpc) is 3.03. The summed E-state index contributed by atoms with van der Waals surface area (Å²) in [5.74, 6) is 3.43. The summed E-state index contributed by atoms with van der Waals surface area (Å²) in [4.78, 5) is 0. The van der Waals surface area contributed by atoms with E-state index in [0.717, 1.165) is 41.0 Å². The standard InChI is InChI=1S/C18H27N5OS.2ClH/c1-20-11-17-21-22-18(25-12-13-5-3-6-14(19)9-13)23(17)15-7-4-8-16(10-15)24-2;;/h4,7-8,10,13-14,20H,3,5-6,9,11-12,19H2,1-2H3;2*1H/t13-,14+;;/m1../s1. The van der Waals surface area contributed by atoms with E-state index in [1.54, 1.807) is 18.9 Å². The van der Waals surface area contributed by atoms with Crippen LogP contribution < -0.4 is 15.8 Å². The number of rotatable bonds is 7. The lowest BCUT2D eigenvalue weighted by molar-refractivity contribution is 0.349. The first kappa shape index (κ1) is 24.0. The van der Waals surface area contributed by atoms with Gasteiger partial charge in [0.1, 0.15) is 5.75 Å². The van der Waals surface area contributed by atoms with Gasteiger partial charge in [0.2, 0.25) is 0 Å². The molecule has 0 amide bonds. The van der Waals surface area contributed by atoms with E-state index in [0.29, 0.717) is 18.5 Å². The number of aromatic nitrogens is 3. The van der Waals surface area contributed by atoms with E-state index in [-0.39, 0.29) is 24.8 Å². The van der Waals surface area contributed by atoms with Gasteiger partial charge >= 0.3 is 0 Å². The van der Waals surface area contributed by atoms with E-state index in [9.17, 15) is 0 Å². The molecule has 0 saturated heterocycles. The third kappa shape index (κ3) is 6.26. The fraction of sp³-hybridized carbons (Fsp3) is 0.556. The van der Waals surface area contributed by atoms with Gasteiger partial charge in [-0.25, -0.2) is 0 Å². The third-order valence-corrected chi connectivity index (χ3v) is 5.78. The number of thioether (sulfide) groups is 1. The van der Waals surface area contributed by atoms with Crippen molar-refractivity contribution in [3.8, 4) is 11.4 Å². The third-order valence-electron chi connectivity index (χ3n) is 4.62. The Hall–Kier alpha value is -0.990. The van der Waals surface area contributed by atoms with E-state index in [2.05, 4.69) is 26.1 Å². The van der Waals surface area contributed by atoms with Crippen LogP contribution in [-0.2, 0) is 6.54 Å². The molecule has 27 heavy (non-hydrogen) atoms. The van der Waals surface area contributed by atoms with E-state index in [1.807, 2.05) is 25.2 Å². The van der Waals surface area contributed by atoms with E-state index in [4.69, 9.17) is 10.5 Å². The van der Waals surface area contributed by atoms with Crippen molar-refractivity contribution in [2.24, 2.45) is 11.7 Å². The minimum Gasteiger partial charge on any atom is -0.497 e. The summed E-state index contributed by atoms with van der Waals surface area (Å²) in [6.45, 7) is 0.666. The Bertz CT molecular complexity index is 700. The smallest absolute Gasteiger partial charge is 0.195 e. The van der Waals surface area contributed by atoms with Crippen molar-refractivity contribution in [3.05, 3.63) is 30.1 Å². The van der Waals surface area contributed by atoms with E-state index >= 15 is 0 Å². The highest BCUT2D eigenvalue weighted by Crippen LogP contribution is 2.31. The molecule has 6 nitrogen and oxygen atoms in total. The zero-order valence-corrected chi connectivity index (χ0v) is 18.2. The first-order valence-corrected chi connectivity index (χ1v) is 9.81. The molecule has 1 aliphatic rings. The maximum Gasteiger partial charge on any atom is 0.195 e. The van der Waals surface area contributed by atoms with Gasteiger partial charge in [-0.1, -0.05) is 24.2 Å². The van der Waals surface area contributed by atoms with Gasteiger partial charge in [0.05, 0.1) is 19.3 Å². The first-order valence-electron chi connectivity index (χ1n) is 8.83. The van der Waals surface area contributed by atoms with Crippen LogP contribution in [-0.4, -0.2) is 40.7 Å². The Morgan fingerprint density at radius 1 is 1.30 bits per heavy atom. The average molecular weight is 434 g/mol. The van der Waals surface area contributed by atoms with Crippen molar-refractivity contribution in [3.63, 3.8) is 0 Å². The summed E-state index contributed by atoms with van der Waals surface area (Å²) in [6.07, 6.45) is 4.77. The van der Waals surface area contributed by atoms with Crippen LogP contribution in [0.25, 0.3) is 5.69 Å². The van der Waals surface area contributed by atoms with Gasteiger partial charge in [-0.15, -0.1) is 35.0 Å². The maximum atomic E-state index is 6.13. The lowest BCUT2D eigenvalue weighted by atomic mass is 9.87. The van der Waals surface area contributed by atoms with Crippen LogP contribution >= 0.6 is 36.6 Å². The topological polar surface area (TPSA) is 78.0 Å². The van der Waals surface area contributed by atoms with Crippen molar-refractivity contribution in [2.45, 2.75) is 43.4 Å². The highest BCUT2D eigenvalue weighted by atomic mass is 35.5. The van der Waals surface area contributed by atoms with Gasteiger partial charge in [-0.3, -0.25) is 4.57 Å². The molecule has 1 aliphatic carbocycles. The molecule has 1 heterocycles. The molecule has 0 bridgehead atoms. The molecule has 0 unspecified atom stereocenters. The monoisotopic (exact) mass is 433 g/mol. The summed E-state index contributed by atoms with van der Waals surface area (Å²) < 4.78 is 7.49. The highest BCUT2D eigenvalue weighted by Gasteiger charge is 2.21. The van der Waals surface area contributed by atoms with Crippen molar-refractivity contribution in [2.75, 3.05) is 19.9 Å². The molecule has 1 saturated carbocycles. The number of nitrogens with two attached hydrogens (primary N) is 1. The van der Waals surface area contributed by atoms with E-state index in [1.165, 1.54) is 12.8 Å². The number of benzene rings is 1. The largest absolute Gasteiger partial charge is 0.497 e. The van der Waals surface area contributed by atoms with Crippen LogP contribution in [0.5, 0.6) is 5.75 Å². The van der Waals surface area contributed by atoms with Gasteiger partial charge in [-0.05, 0) is 44.4 Å². The van der Waals surface area contributed by atoms with Crippen molar-refractivity contribution < 1.29 is 4.74 Å². The molecule has 1 aromatic carbocycles. The number of hydrogen-bond donors (Lipinski definition) is 2. The number of nitrogens with one attached hydrogen (secondary N) is 1. The molecule has 0 spiro atoms. The minimum absolute atomic E-state index is 0. The Kier molecular flexibility index (Phi) is 10.5. The van der Waals surface area contributed by atoms with Gasteiger partial charge < -0.3 is 15.8 Å². The Balaban J connectivity index is 0.00000182. The summed E-state index contributed by atoms with van der Waals surface area (Å²) >= 11 is 1.78. The number of halogens is 2. The van der Waals surface area contributed by atoms with Gasteiger partial charge in [0.25, 0.3) is 0 Å². The van der Waals surface area contributed by atoms with Crippen LogP contribution in [0.15, 0.2) is 29.4 Å². The molecule has 0 aliphatic heterocycles. The summed E-state index contributed by atoms with van der Waals surface area (Å²) in [5.41, 5.74) is 7.15. The molecule has 3 rings (SSSR count). The Morgan fingerprint density at radius 2 is 2.11 bits per heavy atom. The Labute approximate surface area is 177 Å². The molecule has 1 fully saturated rings. The molecule has 9 heteroatoms. The predicted octanol–water partition coefficient (Wildman–Crippen LogP) is 3.45. The fourth-order valence-electron chi connectivity index (χ4n) is 3.35. The molecule has 0 radical (unpaired) electrons.